The van der Waals surface area contributed by atoms with Gasteiger partial charge in [0.05, 0.1) is 37.2 Å². The summed E-state index contributed by atoms with van der Waals surface area (Å²) in [5.41, 5.74) is 0.795. The van der Waals surface area contributed by atoms with Crippen molar-refractivity contribution in [2.45, 2.75) is 31.7 Å². The van der Waals surface area contributed by atoms with Crippen molar-refractivity contribution >= 4 is 29.5 Å². The Labute approximate surface area is 270 Å². The van der Waals surface area contributed by atoms with Crippen LogP contribution in [0.15, 0.2) is 85.5 Å². The zero-order chi connectivity index (χ0) is 33.7. The van der Waals surface area contributed by atoms with Gasteiger partial charge in [-0.15, -0.1) is 6.58 Å². The number of nitrogens with one attached hydrogen (secondary N) is 1. The number of nitrogens with zero attached hydrogens (tertiary/aromatic N) is 5. The van der Waals surface area contributed by atoms with Crippen LogP contribution in [0.3, 0.4) is 0 Å². The number of carbonyl (C=O) groups is 4. The van der Waals surface area contributed by atoms with E-state index < -0.39 is 40.7 Å². The molecule has 0 aromatic heterocycles. The lowest BCUT2D eigenvalue weighted by Gasteiger charge is -2.55. The molecule has 5 rings (SSSR count). The number of para-hydroxylation sites is 1. The highest BCUT2D eigenvalue weighted by Gasteiger charge is 2.51. The second-order valence-corrected chi connectivity index (χ2v) is 11.1. The minimum Gasteiger partial charge on any atom is -0.508 e. The maximum atomic E-state index is 14.2. The van der Waals surface area contributed by atoms with Gasteiger partial charge in [-0.2, -0.15) is 0 Å². The first kappa shape index (κ1) is 32.6. The molecule has 0 aliphatic carbocycles. The third kappa shape index (κ3) is 6.92. The van der Waals surface area contributed by atoms with Crippen LogP contribution in [-0.2, 0) is 33.8 Å². The summed E-state index contributed by atoms with van der Waals surface area (Å²) >= 11 is 0. The average molecular weight is 643 g/mol. The van der Waals surface area contributed by atoms with Crippen molar-refractivity contribution in [2.75, 3.05) is 26.7 Å². The number of hydrazine groups is 1. The van der Waals surface area contributed by atoms with Gasteiger partial charge in [-0.05, 0) is 29.3 Å². The largest absolute Gasteiger partial charge is 0.508 e. The Bertz CT molecular complexity index is 1680. The molecule has 0 saturated carbocycles. The molecule has 47 heavy (non-hydrogen) atoms. The van der Waals surface area contributed by atoms with Crippen LogP contribution < -0.4 is 5.32 Å². The molecule has 14 heteroatoms. The predicted molar refractivity (Wildman–Crippen MR) is 168 cm³/mol. The zero-order valence-corrected chi connectivity index (χ0v) is 25.7. The molecule has 2 aliphatic heterocycles. The molecule has 0 radical (unpaired) electrons. The molecule has 0 spiro atoms. The SMILES string of the molecule is C=CCN1CC(=O)N2[C@@H](Cc3ccc(O)cc3)C(=O)N(Cc3cccc(C(=O)OC)c3[N+](=O)[O-])C[C@@H]2N1C(=O)NCc1ccccc1. The van der Waals surface area contributed by atoms with Gasteiger partial charge in [0.25, 0.3) is 5.69 Å². The van der Waals surface area contributed by atoms with Gasteiger partial charge in [0.2, 0.25) is 11.8 Å². The first-order valence-electron chi connectivity index (χ1n) is 14.8. The number of amides is 4. The monoisotopic (exact) mass is 642 g/mol. The van der Waals surface area contributed by atoms with E-state index in [1.54, 1.807) is 23.2 Å². The average Bonchev–Trinajstić information content (AvgIpc) is 3.06. The number of esters is 1. The third-order valence-electron chi connectivity index (χ3n) is 8.10. The molecule has 244 valence electrons. The second-order valence-electron chi connectivity index (χ2n) is 11.1. The number of phenolic OH excluding ortho intramolecular Hbond substituents is 1. The molecule has 3 aromatic carbocycles. The van der Waals surface area contributed by atoms with E-state index in [4.69, 9.17) is 4.74 Å². The van der Waals surface area contributed by atoms with Crippen LogP contribution in [0.25, 0.3) is 0 Å². The number of fused-ring (bicyclic) bond motifs is 1. The van der Waals surface area contributed by atoms with Crippen LogP contribution in [0.2, 0.25) is 0 Å². The van der Waals surface area contributed by atoms with E-state index >= 15 is 0 Å². The number of nitro benzene ring substituents is 1. The lowest BCUT2D eigenvalue weighted by molar-refractivity contribution is -0.386. The van der Waals surface area contributed by atoms with Gasteiger partial charge < -0.3 is 25.0 Å². The van der Waals surface area contributed by atoms with Crippen molar-refractivity contribution < 1.29 is 33.9 Å². The first-order valence-corrected chi connectivity index (χ1v) is 14.8. The number of carbonyl (C=O) groups excluding carboxylic acids is 4. The molecule has 2 atom stereocenters. The number of rotatable bonds is 10. The summed E-state index contributed by atoms with van der Waals surface area (Å²) in [6, 6.07) is 18.0. The number of benzene rings is 3. The fraction of sp³-hybridized carbons (Fsp3) is 0.273. The Morgan fingerprint density at radius 1 is 1.06 bits per heavy atom. The van der Waals surface area contributed by atoms with Crippen LogP contribution in [-0.4, -0.2) is 92.6 Å². The standard InChI is InChI=1S/C33H34N6O8/c1-3-16-36-21-29(41)37-27(17-22-12-14-25(40)15-13-22)31(42)35(19-24-10-7-11-26(32(43)47-2)30(24)39(45)46)20-28(37)38(36)33(44)34-18-23-8-5-4-6-9-23/h3-15,27-28,40H,1,16-21H2,2H3,(H,34,44)/t27-,28-/m0/s1. The summed E-state index contributed by atoms with van der Waals surface area (Å²) < 4.78 is 4.75. The molecule has 2 N–H and O–H groups in total. The topological polar surface area (TPSA) is 166 Å². The highest BCUT2D eigenvalue weighted by Crippen LogP contribution is 2.32. The molecule has 2 aliphatic rings. The number of ether oxygens (including phenoxy) is 1. The van der Waals surface area contributed by atoms with E-state index in [-0.39, 0.29) is 61.9 Å². The first-order chi connectivity index (χ1) is 22.6. The molecule has 2 saturated heterocycles. The van der Waals surface area contributed by atoms with Gasteiger partial charge in [0.15, 0.2) is 0 Å². The molecule has 4 amide bonds. The van der Waals surface area contributed by atoms with E-state index in [1.807, 2.05) is 30.3 Å². The van der Waals surface area contributed by atoms with Gasteiger partial charge in [-0.1, -0.05) is 60.7 Å². The third-order valence-corrected chi connectivity index (χ3v) is 8.10. The molecule has 3 aromatic rings. The molecule has 14 nitrogen and oxygen atoms in total. The Morgan fingerprint density at radius 2 is 1.79 bits per heavy atom. The quantitative estimate of drug-likeness (QED) is 0.146. The number of phenols is 1. The highest BCUT2D eigenvalue weighted by atomic mass is 16.6. The summed E-state index contributed by atoms with van der Waals surface area (Å²) in [5.74, 6) is -1.77. The number of urea groups is 1. The number of methoxy groups -OCH3 is 1. The number of hydrogen-bond donors (Lipinski definition) is 2. The fourth-order valence-corrected chi connectivity index (χ4v) is 5.97. The lowest BCUT2D eigenvalue weighted by atomic mass is 9.97. The van der Waals surface area contributed by atoms with E-state index in [2.05, 4.69) is 11.9 Å². The normalized spacial score (nSPS) is 18.0. The van der Waals surface area contributed by atoms with Crippen molar-refractivity contribution in [1.82, 2.24) is 25.1 Å². The van der Waals surface area contributed by atoms with Crippen molar-refractivity contribution in [3.63, 3.8) is 0 Å². The minimum atomic E-state index is -1.09. The minimum absolute atomic E-state index is 0.0244. The van der Waals surface area contributed by atoms with Gasteiger partial charge in [-0.3, -0.25) is 19.7 Å². The van der Waals surface area contributed by atoms with Crippen molar-refractivity contribution in [3.8, 4) is 5.75 Å². The molecule has 2 heterocycles. The Morgan fingerprint density at radius 3 is 2.45 bits per heavy atom. The van der Waals surface area contributed by atoms with E-state index in [1.165, 1.54) is 45.1 Å². The summed E-state index contributed by atoms with van der Waals surface area (Å²) in [5, 5.41) is 27.8. The van der Waals surface area contributed by atoms with Crippen LogP contribution in [0.5, 0.6) is 5.75 Å². The Balaban J connectivity index is 1.55. The number of piperazine rings is 1. The fourth-order valence-electron chi connectivity index (χ4n) is 5.97. The van der Waals surface area contributed by atoms with E-state index in [0.29, 0.717) is 5.56 Å². The van der Waals surface area contributed by atoms with Crippen LogP contribution >= 0.6 is 0 Å². The molecular weight excluding hydrogens is 608 g/mol. The van der Waals surface area contributed by atoms with Crippen LogP contribution in [0.4, 0.5) is 10.5 Å². The molecular formula is C33H34N6O8. The van der Waals surface area contributed by atoms with Gasteiger partial charge >= 0.3 is 12.0 Å². The summed E-state index contributed by atoms with van der Waals surface area (Å²) in [6.07, 6.45) is 0.611. The summed E-state index contributed by atoms with van der Waals surface area (Å²) in [4.78, 5) is 68.5. The van der Waals surface area contributed by atoms with Crippen molar-refractivity contribution in [2.24, 2.45) is 0 Å². The molecule has 0 bridgehead atoms. The van der Waals surface area contributed by atoms with Crippen LogP contribution in [0, 0.1) is 10.1 Å². The van der Waals surface area contributed by atoms with Crippen LogP contribution in [0.1, 0.15) is 27.0 Å². The second kappa shape index (κ2) is 14.1. The zero-order valence-electron chi connectivity index (χ0n) is 25.7. The van der Waals surface area contributed by atoms with E-state index in [9.17, 15) is 34.4 Å². The Hall–Kier alpha value is -5.76. The van der Waals surface area contributed by atoms with E-state index in [0.717, 1.165) is 12.7 Å². The van der Waals surface area contributed by atoms with Gasteiger partial charge in [-0.25, -0.2) is 19.6 Å². The van der Waals surface area contributed by atoms with Gasteiger partial charge in [0, 0.05) is 19.5 Å². The summed E-state index contributed by atoms with van der Waals surface area (Å²) in [7, 11) is 1.11. The van der Waals surface area contributed by atoms with Crippen molar-refractivity contribution in [1.29, 1.82) is 0 Å². The number of nitro groups is 1. The highest BCUT2D eigenvalue weighted by molar-refractivity contribution is 5.95. The molecule has 2 fully saturated rings. The predicted octanol–water partition coefficient (Wildman–Crippen LogP) is 2.82. The van der Waals surface area contributed by atoms with Gasteiger partial charge in [0.1, 0.15) is 23.5 Å². The lowest BCUT2D eigenvalue weighted by Crippen LogP contribution is -2.76. The maximum Gasteiger partial charge on any atom is 0.344 e. The maximum absolute atomic E-state index is 14.2. The Kier molecular flexibility index (Phi) is 9.80. The summed E-state index contributed by atoms with van der Waals surface area (Å²) in [6.45, 7) is 3.46. The smallest absolute Gasteiger partial charge is 0.344 e. The number of hydrogen-bond acceptors (Lipinski definition) is 9. The molecule has 0 unspecified atom stereocenters. The van der Waals surface area contributed by atoms with Crippen molar-refractivity contribution in [3.05, 3.63) is 118 Å². The number of aromatic hydroxyl groups is 1.